The Balaban J connectivity index is 1.83. The molecule has 0 spiro atoms. The predicted octanol–water partition coefficient (Wildman–Crippen LogP) is 5.80. The van der Waals surface area contributed by atoms with E-state index < -0.39 is 5.92 Å². The van der Waals surface area contributed by atoms with Crippen LogP contribution in [0.2, 0.25) is 0 Å². The smallest absolute Gasteiger partial charge is 0.223 e. The van der Waals surface area contributed by atoms with Gasteiger partial charge in [0.2, 0.25) is 5.95 Å². The summed E-state index contributed by atoms with van der Waals surface area (Å²) in [6.07, 6.45) is 3.99. The van der Waals surface area contributed by atoms with Gasteiger partial charge in [0.1, 0.15) is 10.9 Å². The second kappa shape index (κ2) is 9.62. The van der Waals surface area contributed by atoms with E-state index in [2.05, 4.69) is 37.1 Å². The van der Waals surface area contributed by atoms with E-state index in [1.165, 1.54) is 11.3 Å². The Bertz CT molecular complexity index is 974. The molecule has 5 nitrogen and oxygen atoms in total. The summed E-state index contributed by atoms with van der Waals surface area (Å²) in [7, 11) is 0. The Morgan fingerprint density at radius 3 is 2.55 bits per heavy atom. The van der Waals surface area contributed by atoms with E-state index in [0.717, 1.165) is 40.4 Å². The molecule has 6 heteroatoms. The predicted molar refractivity (Wildman–Crippen MR) is 119 cm³/mol. The summed E-state index contributed by atoms with van der Waals surface area (Å²) in [5.41, 5.74) is 3.55. The van der Waals surface area contributed by atoms with E-state index in [-0.39, 0.29) is 6.04 Å². The van der Waals surface area contributed by atoms with Crippen LogP contribution in [0.1, 0.15) is 55.8 Å². The van der Waals surface area contributed by atoms with Crippen LogP contribution in [-0.4, -0.2) is 21.0 Å². The van der Waals surface area contributed by atoms with Crippen molar-refractivity contribution in [3.8, 4) is 17.3 Å². The summed E-state index contributed by atoms with van der Waals surface area (Å²) in [4.78, 5) is 13.8. The Morgan fingerprint density at radius 2 is 1.86 bits per heavy atom. The molecule has 1 N–H and O–H groups in total. The number of nitrogens with one attached hydrogen (secondary N) is 1. The molecule has 0 radical (unpaired) electrons. The molecule has 29 heavy (non-hydrogen) atoms. The molecule has 1 aromatic carbocycles. The maximum Gasteiger partial charge on any atom is 0.223 e. The minimum Gasteiger partial charge on any atom is -0.352 e. The third-order valence-electron chi connectivity index (χ3n) is 4.80. The van der Waals surface area contributed by atoms with Crippen LogP contribution in [-0.2, 0) is 0 Å². The van der Waals surface area contributed by atoms with E-state index in [1.807, 2.05) is 42.6 Å². The summed E-state index contributed by atoms with van der Waals surface area (Å²) in [5.74, 6) is 0.731. The standard InChI is InChI=1S/C23H27N5S/c1-15(2)10-11-17(4)26-23-25-13-16(3)21(28-23)19(12-24)22-27-20(14-29-22)18-8-6-5-7-9-18/h5-9,13-15,17,19H,10-11H2,1-4H3,(H,25,26,28). The maximum absolute atomic E-state index is 9.89. The third kappa shape index (κ3) is 5.39. The largest absolute Gasteiger partial charge is 0.352 e. The van der Waals surface area contributed by atoms with Gasteiger partial charge in [0.25, 0.3) is 0 Å². The molecular formula is C23H27N5S. The maximum atomic E-state index is 9.89. The number of nitrogens with zero attached hydrogens (tertiary/aromatic N) is 4. The molecule has 0 bridgehead atoms. The molecule has 2 aromatic heterocycles. The van der Waals surface area contributed by atoms with Crippen LogP contribution in [0.4, 0.5) is 5.95 Å². The minimum atomic E-state index is -0.507. The summed E-state index contributed by atoms with van der Waals surface area (Å²) >= 11 is 1.50. The van der Waals surface area contributed by atoms with Crippen LogP contribution in [0.25, 0.3) is 11.3 Å². The fourth-order valence-corrected chi connectivity index (χ4v) is 3.96. The molecule has 3 rings (SSSR count). The van der Waals surface area contributed by atoms with E-state index in [0.29, 0.717) is 11.9 Å². The van der Waals surface area contributed by atoms with E-state index in [9.17, 15) is 5.26 Å². The minimum absolute atomic E-state index is 0.276. The number of aryl methyl sites for hydroxylation is 1. The van der Waals surface area contributed by atoms with Crippen LogP contribution in [0.5, 0.6) is 0 Å². The van der Waals surface area contributed by atoms with Crippen molar-refractivity contribution in [2.75, 3.05) is 5.32 Å². The van der Waals surface area contributed by atoms with Gasteiger partial charge in [0.05, 0.1) is 17.5 Å². The van der Waals surface area contributed by atoms with Crippen LogP contribution in [0.3, 0.4) is 0 Å². The van der Waals surface area contributed by atoms with Crippen LogP contribution < -0.4 is 5.32 Å². The Hall–Kier alpha value is -2.78. The summed E-state index contributed by atoms with van der Waals surface area (Å²) < 4.78 is 0. The molecule has 2 unspecified atom stereocenters. The number of anilines is 1. The normalized spacial score (nSPS) is 13.1. The molecule has 2 heterocycles. The molecule has 0 aliphatic carbocycles. The van der Waals surface area contributed by atoms with Crippen molar-refractivity contribution >= 4 is 17.3 Å². The van der Waals surface area contributed by atoms with Crippen molar-refractivity contribution in [1.82, 2.24) is 15.0 Å². The first-order valence-electron chi connectivity index (χ1n) is 9.98. The van der Waals surface area contributed by atoms with Crippen molar-refractivity contribution in [1.29, 1.82) is 5.26 Å². The second-order valence-corrected chi connectivity index (χ2v) is 8.67. The lowest BCUT2D eigenvalue weighted by molar-refractivity contribution is 0.526. The number of benzene rings is 1. The number of aromatic nitrogens is 3. The van der Waals surface area contributed by atoms with Crippen LogP contribution >= 0.6 is 11.3 Å². The topological polar surface area (TPSA) is 74.5 Å². The highest BCUT2D eigenvalue weighted by Crippen LogP contribution is 2.31. The zero-order chi connectivity index (χ0) is 20.8. The summed E-state index contributed by atoms with van der Waals surface area (Å²) in [6, 6.07) is 12.7. The van der Waals surface area contributed by atoms with Crippen molar-refractivity contribution in [3.63, 3.8) is 0 Å². The highest BCUT2D eigenvalue weighted by molar-refractivity contribution is 7.10. The monoisotopic (exact) mass is 405 g/mol. The van der Waals surface area contributed by atoms with Gasteiger partial charge in [-0.15, -0.1) is 11.3 Å². The lowest BCUT2D eigenvalue weighted by Crippen LogP contribution is -2.19. The summed E-state index contributed by atoms with van der Waals surface area (Å²) in [5, 5.41) is 16.0. The molecule has 0 amide bonds. The zero-order valence-corrected chi connectivity index (χ0v) is 18.2. The Morgan fingerprint density at radius 1 is 1.10 bits per heavy atom. The van der Waals surface area contributed by atoms with E-state index >= 15 is 0 Å². The second-order valence-electron chi connectivity index (χ2n) is 7.78. The molecule has 0 aliphatic rings. The lowest BCUT2D eigenvalue weighted by Gasteiger charge is -2.16. The quantitative estimate of drug-likeness (QED) is 0.512. The average molecular weight is 406 g/mol. The summed E-state index contributed by atoms with van der Waals surface area (Å²) in [6.45, 7) is 8.53. The zero-order valence-electron chi connectivity index (χ0n) is 17.4. The molecule has 0 saturated carbocycles. The van der Waals surface area contributed by atoms with Gasteiger partial charge in [-0.25, -0.2) is 15.0 Å². The highest BCUT2D eigenvalue weighted by atomic mass is 32.1. The average Bonchev–Trinajstić information content (AvgIpc) is 3.20. The third-order valence-corrected chi connectivity index (χ3v) is 5.71. The number of thiazole rings is 1. The lowest BCUT2D eigenvalue weighted by atomic mass is 10.0. The van der Waals surface area contributed by atoms with E-state index in [1.54, 1.807) is 6.20 Å². The van der Waals surface area contributed by atoms with Crippen molar-refractivity contribution in [2.45, 2.75) is 52.5 Å². The molecule has 3 aromatic rings. The number of nitriles is 1. The highest BCUT2D eigenvalue weighted by Gasteiger charge is 2.22. The molecule has 150 valence electrons. The SMILES string of the molecule is Cc1cnc(NC(C)CCC(C)C)nc1C(C#N)c1nc(-c2ccccc2)cs1. The number of hydrogen-bond donors (Lipinski definition) is 1. The van der Waals surface area contributed by atoms with Gasteiger partial charge in [0, 0.05) is 23.2 Å². The molecular weight excluding hydrogens is 378 g/mol. The Labute approximate surface area is 176 Å². The van der Waals surface area contributed by atoms with Crippen molar-refractivity contribution < 1.29 is 0 Å². The fourth-order valence-electron chi connectivity index (χ4n) is 3.09. The molecule has 0 fully saturated rings. The van der Waals surface area contributed by atoms with Gasteiger partial charge in [0.15, 0.2) is 0 Å². The van der Waals surface area contributed by atoms with Crippen LogP contribution in [0, 0.1) is 24.2 Å². The van der Waals surface area contributed by atoms with Gasteiger partial charge < -0.3 is 5.32 Å². The van der Waals surface area contributed by atoms with Crippen molar-refractivity contribution in [3.05, 3.63) is 58.2 Å². The first-order valence-corrected chi connectivity index (χ1v) is 10.9. The number of hydrogen-bond acceptors (Lipinski definition) is 6. The Kier molecular flexibility index (Phi) is 6.95. The number of rotatable bonds is 8. The first kappa shape index (κ1) is 20.9. The van der Waals surface area contributed by atoms with Gasteiger partial charge >= 0.3 is 0 Å². The molecule has 0 aliphatic heterocycles. The molecule has 2 atom stereocenters. The fraction of sp³-hybridized carbons (Fsp3) is 0.391. The van der Waals surface area contributed by atoms with Gasteiger partial charge in [-0.2, -0.15) is 5.26 Å². The van der Waals surface area contributed by atoms with Crippen molar-refractivity contribution in [2.24, 2.45) is 5.92 Å². The van der Waals surface area contributed by atoms with Crippen LogP contribution in [0.15, 0.2) is 41.9 Å². The van der Waals surface area contributed by atoms with Gasteiger partial charge in [-0.1, -0.05) is 44.2 Å². The van der Waals surface area contributed by atoms with E-state index in [4.69, 9.17) is 9.97 Å². The first-order chi connectivity index (χ1) is 14.0. The van der Waals surface area contributed by atoms with Gasteiger partial charge in [-0.05, 0) is 38.2 Å². The molecule has 0 saturated heterocycles. The van der Waals surface area contributed by atoms with Gasteiger partial charge in [-0.3, -0.25) is 0 Å².